The first-order valence-electron chi connectivity index (χ1n) is 3.74. The van der Waals surface area contributed by atoms with Gasteiger partial charge in [-0.1, -0.05) is 0 Å². The Balaban J connectivity index is 1.97. The summed E-state index contributed by atoms with van der Waals surface area (Å²) in [6, 6.07) is 0. The predicted octanol–water partition coefficient (Wildman–Crippen LogP) is -0.0792. The van der Waals surface area contributed by atoms with Crippen molar-refractivity contribution in [2.24, 2.45) is 5.92 Å². The molecule has 0 aromatic rings. The van der Waals surface area contributed by atoms with E-state index in [9.17, 15) is 4.79 Å². The Morgan fingerprint density at radius 2 is 2.36 bits per heavy atom. The van der Waals surface area contributed by atoms with Crippen LogP contribution in [0.15, 0.2) is 0 Å². The molecule has 0 aliphatic carbocycles. The van der Waals surface area contributed by atoms with E-state index < -0.39 is 0 Å². The lowest BCUT2D eigenvalue weighted by Crippen LogP contribution is -2.22. The largest absolute Gasteiger partial charge is 0.462 e. The van der Waals surface area contributed by atoms with Crippen LogP contribution in [0.3, 0.4) is 0 Å². The molecule has 0 aromatic carbocycles. The highest BCUT2D eigenvalue weighted by atomic mass is 16.7. The lowest BCUT2D eigenvalue weighted by molar-refractivity contribution is -0.135. The van der Waals surface area contributed by atoms with Gasteiger partial charge in [0.1, 0.15) is 6.10 Å². The lowest BCUT2D eigenvalue weighted by atomic mass is 10.0. The van der Waals surface area contributed by atoms with Crippen LogP contribution in [0.4, 0.5) is 0 Å². The second kappa shape index (κ2) is 2.79. The first-order chi connectivity index (χ1) is 5.42. The van der Waals surface area contributed by atoms with Crippen molar-refractivity contribution in [1.29, 1.82) is 0 Å². The molecule has 4 heteroatoms. The van der Waals surface area contributed by atoms with Crippen LogP contribution in [0.5, 0.6) is 0 Å². The van der Waals surface area contributed by atoms with Crippen molar-refractivity contribution in [2.45, 2.75) is 18.8 Å². The second-order valence-corrected chi connectivity index (χ2v) is 2.80. The standard InChI is InChI=1S/C7H10O4/c8-4-11-6-3-10-7-5(6)1-2-9-7/h4-7H,1-3H2/t5-,6-,7?/m1/s1. The van der Waals surface area contributed by atoms with Crippen LogP contribution in [0, 0.1) is 5.92 Å². The van der Waals surface area contributed by atoms with Crippen LogP contribution in [0.25, 0.3) is 0 Å². The summed E-state index contributed by atoms with van der Waals surface area (Å²) in [6.07, 6.45) is 0.725. The maximum Gasteiger partial charge on any atom is 0.293 e. The SMILES string of the molecule is O=CO[C@@H]1COC2OCC[C@@H]21. The number of rotatable bonds is 2. The Morgan fingerprint density at radius 1 is 1.45 bits per heavy atom. The van der Waals surface area contributed by atoms with Gasteiger partial charge in [-0.25, -0.2) is 0 Å². The average molecular weight is 158 g/mol. The zero-order chi connectivity index (χ0) is 7.68. The summed E-state index contributed by atoms with van der Waals surface area (Å²) < 4.78 is 15.3. The van der Waals surface area contributed by atoms with Crippen molar-refractivity contribution in [2.75, 3.05) is 13.2 Å². The maximum absolute atomic E-state index is 10.0. The molecule has 0 saturated carbocycles. The molecule has 2 aliphatic heterocycles. The Labute approximate surface area is 64.4 Å². The van der Waals surface area contributed by atoms with Gasteiger partial charge >= 0.3 is 0 Å². The molecule has 0 radical (unpaired) electrons. The van der Waals surface area contributed by atoms with Gasteiger partial charge in [-0.15, -0.1) is 0 Å². The normalized spacial score (nSPS) is 42.0. The quantitative estimate of drug-likeness (QED) is 0.527. The highest BCUT2D eigenvalue weighted by molar-refractivity contribution is 5.37. The number of ether oxygens (including phenoxy) is 3. The summed E-state index contributed by atoms with van der Waals surface area (Å²) in [5.41, 5.74) is 0. The molecule has 2 aliphatic rings. The molecule has 4 nitrogen and oxygen atoms in total. The Morgan fingerprint density at radius 3 is 3.18 bits per heavy atom. The van der Waals surface area contributed by atoms with E-state index in [1.807, 2.05) is 0 Å². The van der Waals surface area contributed by atoms with E-state index >= 15 is 0 Å². The Bertz CT molecular complexity index is 159. The molecule has 2 fully saturated rings. The van der Waals surface area contributed by atoms with Gasteiger partial charge < -0.3 is 14.2 Å². The molecule has 0 N–H and O–H groups in total. The van der Waals surface area contributed by atoms with E-state index in [-0.39, 0.29) is 18.3 Å². The second-order valence-electron chi connectivity index (χ2n) is 2.80. The molecule has 0 amide bonds. The molecule has 62 valence electrons. The van der Waals surface area contributed by atoms with Crippen LogP contribution >= 0.6 is 0 Å². The molecule has 0 spiro atoms. The third kappa shape index (κ3) is 1.12. The maximum atomic E-state index is 10.0. The zero-order valence-corrected chi connectivity index (χ0v) is 6.06. The van der Waals surface area contributed by atoms with Gasteiger partial charge in [0.05, 0.1) is 19.1 Å². The van der Waals surface area contributed by atoms with Gasteiger partial charge in [-0.05, 0) is 6.42 Å². The van der Waals surface area contributed by atoms with Crippen molar-refractivity contribution < 1.29 is 19.0 Å². The third-order valence-electron chi connectivity index (χ3n) is 2.22. The fourth-order valence-corrected chi connectivity index (χ4v) is 1.64. The molecular formula is C7H10O4. The Kier molecular flexibility index (Phi) is 1.79. The summed E-state index contributed by atoms with van der Waals surface area (Å²) in [7, 11) is 0. The van der Waals surface area contributed by atoms with Crippen molar-refractivity contribution in [3.63, 3.8) is 0 Å². The van der Waals surface area contributed by atoms with Crippen LogP contribution in [-0.2, 0) is 19.0 Å². The molecular weight excluding hydrogens is 148 g/mol. The van der Waals surface area contributed by atoms with E-state index in [2.05, 4.69) is 0 Å². The highest BCUT2D eigenvalue weighted by Gasteiger charge is 2.42. The number of fused-ring (bicyclic) bond motifs is 1. The lowest BCUT2D eigenvalue weighted by Gasteiger charge is -2.11. The smallest absolute Gasteiger partial charge is 0.293 e. The van der Waals surface area contributed by atoms with Crippen molar-refractivity contribution in [3.8, 4) is 0 Å². The molecule has 0 bridgehead atoms. The summed E-state index contributed by atoms with van der Waals surface area (Å²) in [4.78, 5) is 10.0. The number of hydrogen-bond donors (Lipinski definition) is 0. The summed E-state index contributed by atoms with van der Waals surface area (Å²) in [6.45, 7) is 1.68. The van der Waals surface area contributed by atoms with Gasteiger partial charge in [-0.2, -0.15) is 0 Å². The van der Waals surface area contributed by atoms with Crippen molar-refractivity contribution in [1.82, 2.24) is 0 Å². The molecule has 2 heterocycles. The summed E-state index contributed by atoms with van der Waals surface area (Å²) >= 11 is 0. The van der Waals surface area contributed by atoms with E-state index in [0.717, 1.165) is 6.42 Å². The van der Waals surface area contributed by atoms with E-state index in [0.29, 0.717) is 19.7 Å². The highest BCUT2D eigenvalue weighted by Crippen LogP contribution is 2.32. The molecule has 2 saturated heterocycles. The fourth-order valence-electron chi connectivity index (χ4n) is 1.64. The van der Waals surface area contributed by atoms with Gasteiger partial charge in [-0.3, -0.25) is 4.79 Å². The van der Waals surface area contributed by atoms with E-state index in [1.54, 1.807) is 0 Å². The molecule has 0 aromatic heterocycles. The van der Waals surface area contributed by atoms with Crippen LogP contribution in [-0.4, -0.2) is 32.1 Å². The van der Waals surface area contributed by atoms with Crippen LogP contribution in [0.2, 0.25) is 0 Å². The average Bonchev–Trinajstić information content (AvgIpc) is 2.53. The first-order valence-corrected chi connectivity index (χ1v) is 3.74. The fraction of sp³-hybridized carbons (Fsp3) is 0.857. The van der Waals surface area contributed by atoms with Gasteiger partial charge in [0.25, 0.3) is 6.47 Å². The minimum Gasteiger partial charge on any atom is -0.462 e. The summed E-state index contributed by atoms with van der Waals surface area (Å²) in [5, 5.41) is 0. The number of carbonyl (C=O) groups excluding carboxylic acids is 1. The van der Waals surface area contributed by atoms with Crippen LogP contribution in [0.1, 0.15) is 6.42 Å². The minimum atomic E-state index is -0.125. The first kappa shape index (κ1) is 7.06. The molecule has 3 atom stereocenters. The molecule has 11 heavy (non-hydrogen) atoms. The van der Waals surface area contributed by atoms with Crippen LogP contribution < -0.4 is 0 Å². The number of carbonyl (C=O) groups is 1. The minimum absolute atomic E-state index is 0.0833. The van der Waals surface area contributed by atoms with Crippen molar-refractivity contribution >= 4 is 6.47 Å². The zero-order valence-electron chi connectivity index (χ0n) is 6.06. The van der Waals surface area contributed by atoms with Gasteiger partial charge in [0.15, 0.2) is 6.29 Å². The molecule has 2 rings (SSSR count). The predicted molar refractivity (Wildman–Crippen MR) is 34.7 cm³/mol. The van der Waals surface area contributed by atoms with Gasteiger partial charge in [0, 0.05) is 0 Å². The van der Waals surface area contributed by atoms with Crippen molar-refractivity contribution in [3.05, 3.63) is 0 Å². The third-order valence-corrected chi connectivity index (χ3v) is 2.22. The monoisotopic (exact) mass is 158 g/mol. The Hall–Kier alpha value is -0.610. The number of hydrogen-bond acceptors (Lipinski definition) is 4. The van der Waals surface area contributed by atoms with Gasteiger partial charge in [0.2, 0.25) is 0 Å². The molecule has 1 unspecified atom stereocenters. The summed E-state index contributed by atoms with van der Waals surface area (Å²) in [5.74, 6) is 0.264. The topological polar surface area (TPSA) is 44.8 Å². The van der Waals surface area contributed by atoms with E-state index in [1.165, 1.54) is 0 Å². The van der Waals surface area contributed by atoms with E-state index in [4.69, 9.17) is 14.2 Å².